The second-order valence-electron chi connectivity index (χ2n) is 5.38. The predicted octanol–water partition coefficient (Wildman–Crippen LogP) is 0.910. The standard InChI is InChI=1S/C15H19ClN2O4/c1-22-11-7-13(15(20)21)18(8-11)14(19)12(17)6-9-2-4-10(16)5-3-9/h2-5,11-13H,6-8,17H2,1H3,(H,20,21)/t11-,12?,13+/m1/s1. The number of likely N-dealkylation sites (tertiary alicyclic amines) is 1. The molecule has 7 heteroatoms. The van der Waals surface area contributed by atoms with Crippen LogP contribution in [0.15, 0.2) is 24.3 Å². The lowest BCUT2D eigenvalue weighted by Gasteiger charge is -2.24. The van der Waals surface area contributed by atoms with Gasteiger partial charge in [-0.05, 0) is 24.1 Å². The number of carbonyl (C=O) groups is 2. The molecule has 120 valence electrons. The van der Waals surface area contributed by atoms with Gasteiger partial charge in [0.15, 0.2) is 0 Å². The Morgan fingerprint density at radius 3 is 2.64 bits per heavy atom. The van der Waals surface area contributed by atoms with Crippen molar-refractivity contribution in [1.29, 1.82) is 0 Å². The van der Waals surface area contributed by atoms with Crippen LogP contribution in [0, 0.1) is 0 Å². The maximum Gasteiger partial charge on any atom is 0.326 e. The van der Waals surface area contributed by atoms with Gasteiger partial charge in [-0.3, -0.25) is 4.79 Å². The zero-order valence-corrected chi connectivity index (χ0v) is 13.0. The summed E-state index contributed by atoms with van der Waals surface area (Å²) in [6.45, 7) is 0.251. The summed E-state index contributed by atoms with van der Waals surface area (Å²) in [7, 11) is 1.51. The van der Waals surface area contributed by atoms with E-state index < -0.39 is 18.1 Å². The number of aliphatic carboxylic acids is 1. The molecule has 6 nitrogen and oxygen atoms in total. The molecule has 1 fully saturated rings. The molecule has 1 unspecified atom stereocenters. The number of carboxylic acid groups (broad SMARTS) is 1. The average Bonchev–Trinajstić information content (AvgIpc) is 2.93. The van der Waals surface area contributed by atoms with Crippen LogP contribution in [0.1, 0.15) is 12.0 Å². The van der Waals surface area contributed by atoms with Crippen LogP contribution in [0.25, 0.3) is 0 Å². The van der Waals surface area contributed by atoms with Gasteiger partial charge in [0.25, 0.3) is 0 Å². The van der Waals surface area contributed by atoms with Gasteiger partial charge < -0.3 is 20.5 Å². The Balaban J connectivity index is 2.05. The number of carboxylic acids is 1. The van der Waals surface area contributed by atoms with E-state index in [2.05, 4.69) is 0 Å². The fraction of sp³-hybridized carbons (Fsp3) is 0.467. The molecule has 22 heavy (non-hydrogen) atoms. The van der Waals surface area contributed by atoms with Gasteiger partial charge in [0, 0.05) is 25.1 Å². The predicted molar refractivity (Wildman–Crippen MR) is 81.7 cm³/mol. The van der Waals surface area contributed by atoms with Gasteiger partial charge in [0.1, 0.15) is 6.04 Å². The zero-order chi connectivity index (χ0) is 16.3. The van der Waals surface area contributed by atoms with Crippen LogP contribution in [0.4, 0.5) is 0 Å². The first-order valence-corrected chi connectivity index (χ1v) is 7.36. The second-order valence-corrected chi connectivity index (χ2v) is 5.81. The highest BCUT2D eigenvalue weighted by Crippen LogP contribution is 2.21. The lowest BCUT2D eigenvalue weighted by molar-refractivity contribution is -0.148. The molecule has 0 bridgehead atoms. The summed E-state index contributed by atoms with van der Waals surface area (Å²) in [5, 5.41) is 9.85. The summed E-state index contributed by atoms with van der Waals surface area (Å²) in [6.07, 6.45) is 0.342. The first-order valence-electron chi connectivity index (χ1n) is 6.98. The summed E-state index contributed by atoms with van der Waals surface area (Å²) in [5.41, 5.74) is 6.83. The van der Waals surface area contributed by atoms with E-state index in [0.717, 1.165) is 5.56 Å². The van der Waals surface area contributed by atoms with Gasteiger partial charge in [0.05, 0.1) is 12.1 Å². The molecule has 1 aromatic carbocycles. The number of hydrogen-bond acceptors (Lipinski definition) is 4. The van der Waals surface area contributed by atoms with Crippen LogP contribution in [0.5, 0.6) is 0 Å². The molecule has 0 spiro atoms. The molecule has 1 aliphatic rings. The van der Waals surface area contributed by atoms with E-state index in [0.29, 0.717) is 11.4 Å². The van der Waals surface area contributed by atoms with Gasteiger partial charge in [-0.1, -0.05) is 23.7 Å². The Labute approximate surface area is 133 Å². The summed E-state index contributed by atoms with van der Waals surface area (Å²) in [4.78, 5) is 25.0. The summed E-state index contributed by atoms with van der Waals surface area (Å²) < 4.78 is 5.17. The molecule has 0 radical (unpaired) electrons. The Hall–Kier alpha value is -1.63. The van der Waals surface area contributed by atoms with E-state index in [9.17, 15) is 14.7 Å². The maximum absolute atomic E-state index is 12.4. The summed E-state index contributed by atoms with van der Waals surface area (Å²) >= 11 is 5.81. The number of benzene rings is 1. The normalized spacial score (nSPS) is 22.6. The average molecular weight is 327 g/mol. The molecule has 3 atom stereocenters. The summed E-state index contributed by atoms with van der Waals surface area (Å²) in [6, 6.07) is 5.38. The molecule has 0 saturated carbocycles. The number of ether oxygens (including phenoxy) is 1. The van der Waals surface area contributed by atoms with Crippen molar-refractivity contribution in [1.82, 2.24) is 4.90 Å². The number of methoxy groups -OCH3 is 1. The number of amides is 1. The molecule has 0 aromatic heterocycles. The van der Waals surface area contributed by atoms with Crippen LogP contribution in [-0.4, -0.2) is 53.7 Å². The minimum Gasteiger partial charge on any atom is -0.480 e. The van der Waals surface area contributed by atoms with Gasteiger partial charge >= 0.3 is 5.97 Å². The Bertz CT molecular complexity index is 549. The molecule has 0 aliphatic carbocycles. The fourth-order valence-electron chi connectivity index (χ4n) is 2.62. The number of hydrogen-bond donors (Lipinski definition) is 2. The third-order valence-electron chi connectivity index (χ3n) is 3.85. The second kappa shape index (κ2) is 7.09. The molecule has 1 aliphatic heterocycles. The summed E-state index contributed by atoms with van der Waals surface area (Å²) in [5.74, 6) is -1.41. The quantitative estimate of drug-likeness (QED) is 0.839. The van der Waals surface area contributed by atoms with Gasteiger partial charge in [-0.2, -0.15) is 0 Å². The van der Waals surface area contributed by atoms with Gasteiger partial charge in [0.2, 0.25) is 5.91 Å². The van der Waals surface area contributed by atoms with Crippen molar-refractivity contribution in [2.24, 2.45) is 5.73 Å². The molecular weight excluding hydrogens is 308 g/mol. The highest BCUT2D eigenvalue weighted by atomic mass is 35.5. The van der Waals surface area contributed by atoms with E-state index in [-0.39, 0.29) is 25.0 Å². The lowest BCUT2D eigenvalue weighted by atomic mass is 10.1. The minimum atomic E-state index is -1.04. The Kier molecular flexibility index (Phi) is 5.39. The van der Waals surface area contributed by atoms with E-state index in [4.69, 9.17) is 22.1 Å². The highest BCUT2D eigenvalue weighted by molar-refractivity contribution is 6.30. The van der Waals surface area contributed by atoms with Crippen molar-refractivity contribution in [3.8, 4) is 0 Å². The highest BCUT2D eigenvalue weighted by Gasteiger charge is 2.41. The topological polar surface area (TPSA) is 92.9 Å². The molecule has 1 aromatic rings. The SMILES string of the molecule is CO[C@@H]1C[C@@H](C(=O)O)N(C(=O)C(N)Cc2ccc(Cl)cc2)C1. The largest absolute Gasteiger partial charge is 0.480 e. The van der Waals surface area contributed by atoms with Crippen molar-refractivity contribution in [3.63, 3.8) is 0 Å². The molecule has 1 saturated heterocycles. The molecular formula is C15H19ClN2O4. The molecule has 1 heterocycles. The molecule has 2 rings (SSSR count). The van der Waals surface area contributed by atoms with Crippen LogP contribution in [-0.2, 0) is 20.7 Å². The number of nitrogens with two attached hydrogens (primary N) is 1. The molecule has 1 amide bonds. The van der Waals surface area contributed by atoms with Crippen molar-refractivity contribution >= 4 is 23.5 Å². The first-order chi connectivity index (χ1) is 10.4. The third-order valence-corrected chi connectivity index (χ3v) is 4.10. The zero-order valence-electron chi connectivity index (χ0n) is 12.2. The van der Waals surface area contributed by atoms with E-state index in [1.165, 1.54) is 12.0 Å². The van der Waals surface area contributed by atoms with Gasteiger partial charge in [-0.15, -0.1) is 0 Å². The van der Waals surface area contributed by atoms with Crippen LogP contribution < -0.4 is 5.73 Å². The van der Waals surface area contributed by atoms with Gasteiger partial charge in [-0.25, -0.2) is 4.79 Å². The third kappa shape index (κ3) is 3.76. The van der Waals surface area contributed by atoms with Crippen molar-refractivity contribution in [3.05, 3.63) is 34.9 Å². The monoisotopic (exact) mass is 326 g/mol. The van der Waals surface area contributed by atoms with Crippen LogP contribution >= 0.6 is 11.6 Å². The first kappa shape index (κ1) is 16.7. The van der Waals surface area contributed by atoms with Crippen molar-refractivity contribution < 1.29 is 19.4 Å². The number of nitrogens with zero attached hydrogens (tertiary/aromatic N) is 1. The maximum atomic E-state index is 12.4. The van der Waals surface area contributed by atoms with E-state index in [1.54, 1.807) is 24.3 Å². The fourth-order valence-corrected chi connectivity index (χ4v) is 2.75. The van der Waals surface area contributed by atoms with Crippen molar-refractivity contribution in [2.45, 2.75) is 31.0 Å². The Morgan fingerprint density at radius 1 is 1.45 bits per heavy atom. The lowest BCUT2D eigenvalue weighted by Crippen LogP contribution is -2.49. The van der Waals surface area contributed by atoms with E-state index >= 15 is 0 Å². The van der Waals surface area contributed by atoms with Crippen LogP contribution in [0.2, 0.25) is 5.02 Å². The van der Waals surface area contributed by atoms with E-state index in [1.807, 2.05) is 0 Å². The smallest absolute Gasteiger partial charge is 0.326 e. The van der Waals surface area contributed by atoms with Crippen molar-refractivity contribution in [2.75, 3.05) is 13.7 Å². The Morgan fingerprint density at radius 2 is 2.09 bits per heavy atom. The number of rotatable bonds is 5. The number of carbonyl (C=O) groups excluding carboxylic acids is 1. The van der Waals surface area contributed by atoms with Crippen LogP contribution in [0.3, 0.4) is 0 Å². The molecule has 3 N–H and O–H groups in total. The number of halogens is 1. The minimum absolute atomic E-state index is 0.251.